The molecular formula is C21H17N3O4S. The Labute approximate surface area is 170 Å². The molecule has 0 saturated carbocycles. The van der Waals surface area contributed by atoms with Crippen LogP contribution >= 0.6 is 11.3 Å². The number of aromatic nitrogens is 1. The minimum atomic E-state index is -0.303. The Morgan fingerprint density at radius 1 is 1.00 bits per heavy atom. The van der Waals surface area contributed by atoms with E-state index in [9.17, 15) is 19.2 Å². The minimum Gasteiger partial charge on any atom is -0.326 e. The first-order valence-corrected chi connectivity index (χ1v) is 9.96. The molecule has 0 atom stereocenters. The highest BCUT2D eigenvalue weighted by molar-refractivity contribution is 7.20. The number of carbonyl (C=O) groups is 4. The second-order valence-electron chi connectivity index (χ2n) is 6.63. The van der Waals surface area contributed by atoms with Gasteiger partial charge in [0.2, 0.25) is 23.5 Å². The van der Waals surface area contributed by atoms with E-state index in [0.29, 0.717) is 16.3 Å². The van der Waals surface area contributed by atoms with Crippen LogP contribution in [-0.4, -0.2) is 39.9 Å². The largest absolute Gasteiger partial charge is 0.326 e. The predicted octanol–water partition coefficient (Wildman–Crippen LogP) is 3.00. The van der Waals surface area contributed by atoms with Crippen molar-refractivity contribution in [2.45, 2.75) is 19.3 Å². The van der Waals surface area contributed by atoms with Crippen LogP contribution in [0.2, 0.25) is 0 Å². The van der Waals surface area contributed by atoms with Crippen LogP contribution in [0.25, 0.3) is 10.2 Å². The number of imide groups is 1. The van der Waals surface area contributed by atoms with Gasteiger partial charge in [-0.15, -0.1) is 11.3 Å². The zero-order valence-corrected chi connectivity index (χ0v) is 16.2. The number of nitrogens with one attached hydrogen (secondary N) is 1. The summed E-state index contributed by atoms with van der Waals surface area (Å²) in [5.74, 6) is -0.945. The Morgan fingerprint density at radius 2 is 1.69 bits per heavy atom. The first-order valence-electron chi connectivity index (χ1n) is 9.14. The molecule has 2 heterocycles. The Morgan fingerprint density at radius 3 is 2.38 bits per heavy atom. The molecule has 1 fully saturated rings. The first-order chi connectivity index (χ1) is 14.0. The van der Waals surface area contributed by atoms with Crippen LogP contribution < -0.4 is 5.32 Å². The number of nitrogens with zero attached hydrogens (tertiary/aromatic N) is 2. The molecule has 0 unspecified atom stereocenters. The molecule has 2 aromatic carbocycles. The number of benzene rings is 2. The lowest BCUT2D eigenvalue weighted by atomic mass is 10.1. The molecule has 8 heteroatoms. The first kappa shape index (κ1) is 18.9. The summed E-state index contributed by atoms with van der Waals surface area (Å²) in [7, 11) is 0. The van der Waals surface area contributed by atoms with E-state index in [0.717, 1.165) is 15.1 Å². The number of hydrogen-bond acceptors (Lipinski definition) is 6. The number of ketones is 1. The van der Waals surface area contributed by atoms with E-state index in [-0.39, 0.29) is 49.3 Å². The molecular weight excluding hydrogens is 390 g/mol. The third-order valence-corrected chi connectivity index (χ3v) is 5.67. The zero-order valence-electron chi connectivity index (χ0n) is 15.4. The summed E-state index contributed by atoms with van der Waals surface area (Å²) in [5, 5.41) is 3.13. The number of carbonyl (C=O) groups excluding carboxylic acids is 4. The van der Waals surface area contributed by atoms with Gasteiger partial charge in [0.25, 0.3) is 0 Å². The van der Waals surface area contributed by atoms with Crippen LogP contribution in [0.1, 0.15) is 34.6 Å². The predicted molar refractivity (Wildman–Crippen MR) is 109 cm³/mol. The lowest BCUT2D eigenvalue weighted by Gasteiger charge is -2.13. The lowest BCUT2D eigenvalue weighted by Crippen LogP contribution is -2.32. The monoisotopic (exact) mass is 407 g/mol. The van der Waals surface area contributed by atoms with Crippen LogP contribution in [-0.2, 0) is 14.4 Å². The van der Waals surface area contributed by atoms with Crippen molar-refractivity contribution in [1.29, 1.82) is 0 Å². The molecule has 1 aromatic heterocycles. The fraction of sp³-hybridized carbons (Fsp3) is 0.190. The van der Waals surface area contributed by atoms with Gasteiger partial charge in [-0.05, 0) is 36.4 Å². The van der Waals surface area contributed by atoms with Crippen molar-refractivity contribution in [2.75, 3.05) is 11.9 Å². The molecule has 0 radical (unpaired) electrons. The SMILES string of the molecule is O=C(CCN1C(=O)CCC1=O)Nc1ccc(C(=O)c2nc3ccccc3s2)cc1. The molecule has 29 heavy (non-hydrogen) atoms. The molecule has 1 saturated heterocycles. The molecule has 1 aliphatic heterocycles. The summed E-state index contributed by atoms with van der Waals surface area (Å²) >= 11 is 1.34. The Bertz CT molecular complexity index is 1070. The number of thiazole rings is 1. The Hall–Kier alpha value is -3.39. The number of hydrogen-bond donors (Lipinski definition) is 1. The van der Waals surface area contributed by atoms with Crippen molar-refractivity contribution in [1.82, 2.24) is 9.88 Å². The van der Waals surface area contributed by atoms with Gasteiger partial charge in [0.1, 0.15) is 0 Å². The smallest absolute Gasteiger partial charge is 0.229 e. The lowest BCUT2D eigenvalue weighted by molar-refractivity contribution is -0.138. The molecule has 7 nitrogen and oxygen atoms in total. The van der Waals surface area contributed by atoms with Gasteiger partial charge in [-0.25, -0.2) is 4.98 Å². The molecule has 3 amide bonds. The second kappa shape index (κ2) is 7.92. The van der Waals surface area contributed by atoms with Crippen LogP contribution in [0.3, 0.4) is 0 Å². The van der Waals surface area contributed by atoms with Crippen LogP contribution in [0.4, 0.5) is 5.69 Å². The highest BCUT2D eigenvalue weighted by Gasteiger charge is 2.28. The summed E-state index contributed by atoms with van der Waals surface area (Å²) in [6.45, 7) is 0.0810. The molecule has 1 aliphatic rings. The maximum atomic E-state index is 12.7. The maximum Gasteiger partial charge on any atom is 0.229 e. The van der Waals surface area contributed by atoms with E-state index in [1.807, 2.05) is 24.3 Å². The highest BCUT2D eigenvalue weighted by Crippen LogP contribution is 2.24. The van der Waals surface area contributed by atoms with Gasteiger partial charge < -0.3 is 5.32 Å². The molecule has 0 spiro atoms. The summed E-state index contributed by atoms with van der Waals surface area (Å²) in [4.78, 5) is 53.4. The third-order valence-electron chi connectivity index (χ3n) is 4.64. The fourth-order valence-electron chi connectivity index (χ4n) is 3.11. The van der Waals surface area contributed by atoms with E-state index in [1.54, 1.807) is 24.3 Å². The van der Waals surface area contributed by atoms with Gasteiger partial charge in [0.15, 0.2) is 5.01 Å². The van der Waals surface area contributed by atoms with Crippen molar-refractivity contribution >= 4 is 50.7 Å². The van der Waals surface area contributed by atoms with Crippen molar-refractivity contribution in [3.05, 3.63) is 59.1 Å². The van der Waals surface area contributed by atoms with Gasteiger partial charge in [-0.2, -0.15) is 0 Å². The van der Waals surface area contributed by atoms with Gasteiger partial charge in [0, 0.05) is 37.1 Å². The van der Waals surface area contributed by atoms with Crippen LogP contribution in [0.15, 0.2) is 48.5 Å². The average molecular weight is 407 g/mol. The number of anilines is 1. The summed E-state index contributed by atoms with van der Waals surface area (Å²) in [5.41, 5.74) is 1.81. The highest BCUT2D eigenvalue weighted by atomic mass is 32.1. The van der Waals surface area contributed by atoms with Gasteiger partial charge >= 0.3 is 0 Å². The van der Waals surface area contributed by atoms with Crippen molar-refractivity contribution in [3.8, 4) is 0 Å². The quantitative estimate of drug-likeness (QED) is 0.501. The fourth-order valence-corrected chi connectivity index (χ4v) is 4.03. The zero-order chi connectivity index (χ0) is 20.4. The van der Waals surface area contributed by atoms with E-state index >= 15 is 0 Å². The Balaban J connectivity index is 1.37. The topological polar surface area (TPSA) is 96.4 Å². The molecule has 3 aromatic rings. The van der Waals surface area contributed by atoms with Crippen molar-refractivity contribution in [2.24, 2.45) is 0 Å². The molecule has 0 aliphatic carbocycles. The van der Waals surface area contributed by atoms with Crippen molar-refractivity contribution in [3.63, 3.8) is 0 Å². The minimum absolute atomic E-state index is 0.0316. The van der Waals surface area contributed by atoms with Crippen LogP contribution in [0, 0.1) is 0 Å². The molecule has 4 rings (SSSR count). The number of likely N-dealkylation sites (tertiary alicyclic amines) is 1. The average Bonchev–Trinajstić information content (AvgIpc) is 3.29. The summed E-state index contributed by atoms with van der Waals surface area (Å²) < 4.78 is 0.953. The number of rotatable bonds is 6. The van der Waals surface area contributed by atoms with Gasteiger partial charge in [-0.3, -0.25) is 24.1 Å². The number of fused-ring (bicyclic) bond motifs is 1. The van der Waals surface area contributed by atoms with E-state index in [2.05, 4.69) is 10.3 Å². The standard InChI is InChI=1S/C21H17N3O4S/c25-17(11-12-24-18(26)9-10-19(24)27)22-14-7-5-13(6-8-14)20(28)21-23-15-3-1-2-4-16(15)29-21/h1-8H,9-12H2,(H,22,25). The van der Waals surface area contributed by atoms with Crippen LogP contribution in [0.5, 0.6) is 0 Å². The number of amides is 3. The molecule has 146 valence electrons. The van der Waals surface area contributed by atoms with E-state index in [1.165, 1.54) is 11.3 Å². The van der Waals surface area contributed by atoms with E-state index in [4.69, 9.17) is 0 Å². The van der Waals surface area contributed by atoms with Crippen molar-refractivity contribution < 1.29 is 19.2 Å². The molecule has 1 N–H and O–H groups in total. The summed E-state index contributed by atoms with van der Waals surface area (Å²) in [6.07, 6.45) is 0.457. The maximum absolute atomic E-state index is 12.7. The number of para-hydroxylation sites is 1. The Kier molecular flexibility index (Phi) is 5.18. The van der Waals surface area contributed by atoms with Gasteiger partial charge in [-0.1, -0.05) is 12.1 Å². The molecule has 0 bridgehead atoms. The third kappa shape index (κ3) is 4.07. The van der Waals surface area contributed by atoms with E-state index < -0.39 is 0 Å². The summed E-state index contributed by atoms with van der Waals surface area (Å²) in [6, 6.07) is 14.1. The second-order valence-corrected chi connectivity index (χ2v) is 7.66. The normalized spacial score (nSPS) is 13.9. The van der Waals surface area contributed by atoms with Gasteiger partial charge in [0.05, 0.1) is 10.2 Å².